The number of unbranched alkanes of at least 4 members (excludes halogenated alkanes) is 5. The molecule has 0 rings (SSSR count). The van der Waals surface area contributed by atoms with Gasteiger partial charge in [0.1, 0.15) is 0 Å². The zero-order chi connectivity index (χ0) is 12.1. The molecule has 0 aromatic heterocycles. The third kappa shape index (κ3) is 11.6. The Hall–Kier alpha value is -0.440. The highest BCUT2D eigenvalue weighted by Gasteiger charge is 2.00. The third-order valence-corrected chi connectivity index (χ3v) is 3.06. The van der Waals surface area contributed by atoms with Crippen molar-refractivity contribution >= 4 is 0 Å². The summed E-state index contributed by atoms with van der Waals surface area (Å²) in [6.45, 7) is 6.84. The molecule has 0 bridgehead atoms. The summed E-state index contributed by atoms with van der Waals surface area (Å²) in [5.74, 6) is 7.38. The van der Waals surface area contributed by atoms with Crippen LogP contribution in [0.5, 0.6) is 0 Å². The van der Waals surface area contributed by atoms with E-state index in [2.05, 4.69) is 32.6 Å². The molecule has 0 radical (unpaired) electrons. The van der Waals surface area contributed by atoms with Gasteiger partial charge in [-0.2, -0.15) is 0 Å². The standard InChI is InChI=1S/C16H30/c1-4-6-8-10-12-14-16(3)15-13-11-9-7-5-2/h16H,4-8,10,12-15H2,1-3H3. The fourth-order valence-electron chi connectivity index (χ4n) is 1.86. The van der Waals surface area contributed by atoms with Crippen molar-refractivity contribution in [2.24, 2.45) is 5.92 Å². The van der Waals surface area contributed by atoms with Crippen LogP contribution in [-0.2, 0) is 0 Å². The van der Waals surface area contributed by atoms with E-state index in [-0.39, 0.29) is 0 Å². The summed E-state index contributed by atoms with van der Waals surface area (Å²) in [4.78, 5) is 0. The Morgan fingerprint density at radius 3 is 2.12 bits per heavy atom. The van der Waals surface area contributed by atoms with Crippen LogP contribution in [0.1, 0.15) is 85.0 Å². The summed E-state index contributed by atoms with van der Waals surface area (Å²) in [6, 6.07) is 0. The summed E-state index contributed by atoms with van der Waals surface area (Å²) < 4.78 is 0. The summed E-state index contributed by atoms with van der Waals surface area (Å²) in [7, 11) is 0. The van der Waals surface area contributed by atoms with E-state index in [1.54, 1.807) is 0 Å². The highest BCUT2D eigenvalue weighted by atomic mass is 14.1. The van der Waals surface area contributed by atoms with Crippen LogP contribution in [0.15, 0.2) is 0 Å². The van der Waals surface area contributed by atoms with Crippen molar-refractivity contribution in [3.05, 3.63) is 0 Å². The average Bonchev–Trinajstić information content (AvgIpc) is 2.28. The first kappa shape index (κ1) is 15.6. The summed E-state index contributed by atoms with van der Waals surface area (Å²) in [6.07, 6.45) is 13.1. The largest absolute Gasteiger partial charge is 0.103 e. The molecule has 0 amide bonds. The maximum absolute atomic E-state index is 3.28. The van der Waals surface area contributed by atoms with Gasteiger partial charge >= 0.3 is 0 Å². The van der Waals surface area contributed by atoms with Crippen LogP contribution >= 0.6 is 0 Å². The second-order valence-electron chi connectivity index (χ2n) is 4.95. The van der Waals surface area contributed by atoms with Crippen molar-refractivity contribution in [1.29, 1.82) is 0 Å². The average molecular weight is 222 g/mol. The van der Waals surface area contributed by atoms with Crippen LogP contribution in [0.3, 0.4) is 0 Å². The third-order valence-electron chi connectivity index (χ3n) is 3.06. The lowest BCUT2D eigenvalue weighted by molar-refractivity contribution is 0.463. The van der Waals surface area contributed by atoms with E-state index in [4.69, 9.17) is 0 Å². The van der Waals surface area contributed by atoms with E-state index >= 15 is 0 Å². The minimum atomic E-state index is 0.873. The highest BCUT2D eigenvalue weighted by Crippen LogP contribution is 2.15. The molecule has 94 valence electrons. The molecule has 0 saturated heterocycles. The maximum Gasteiger partial charge on any atom is 0.00912 e. The minimum Gasteiger partial charge on any atom is -0.103 e. The normalized spacial score (nSPS) is 11.9. The van der Waals surface area contributed by atoms with Crippen LogP contribution in [-0.4, -0.2) is 0 Å². The Kier molecular flexibility index (Phi) is 12.3. The Bertz CT molecular complexity index is 182. The van der Waals surface area contributed by atoms with E-state index in [1.807, 2.05) is 0 Å². The monoisotopic (exact) mass is 222 g/mol. The molecular weight excluding hydrogens is 192 g/mol. The molecule has 1 unspecified atom stereocenters. The van der Waals surface area contributed by atoms with Crippen molar-refractivity contribution in [3.63, 3.8) is 0 Å². The summed E-state index contributed by atoms with van der Waals surface area (Å²) >= 11 is 0. The van der Waals surface area contributed by atoms with E-state index < -0.39 is 0 Å². The van der Waals surface area contributed by atoms with Crippen molar-refractivity contribution < 1.29 is 0 Å². The van der Waals surface area contributed by atoms with E-state index in [1.165, 1.54) is 51.4 Å². The van der Waals surface area contributed by atoms with Crippen LogP contribution < -0.4 is 0 Å². The molecule has 0 saturated carbocycles. The van der Waals surface area contributed by atoms with E-state index in [0.717, 1.165) is 18.8 Å². The zero-order valence-electron chi connectivity index (χ0n) is 11.6. The van der Waals surface area contributed by atoms with Crippen LogP contribution in [0.25, 0.3) is 0 Å². The van der Waals surface area contributed by atoms with E-state index in [0.29, 0.717) is 0 Å². The highest BCUT2D eigenvalue weighted by molar-refractivity contribution is 4.98. The van der Waals surface area contributed by atoms with Gasteiger partial charge in [-0.3, -0.25) is 0 Å². The molecule has 16 heavy (non-hydrogen) atoms. The Labute approximate surface area is 103 Å². The Morgan fingerprint density at radius 2 is 1.44 bits per heavy atom. The van der Waals surface area contributed by atoms with Crippen molar-refractivity contribution in [3.8, 4) is 11.8 Å². The fraction of sp³-hybridized carbons (Fsp3) is 0.875. The molecule has 0 aliphatic heterocycles. The molecule has 0 nitrogen and oxygen atoms in total. The first-order valence-corrected chi connectivity index (χ1v) is 7.27. The van der Waals surface area contributed by atoms with Crippen molar-refractivity contribution in [1.82, 2.24) is 0 Å². The molecule has 0 aromatic carbocycles. The van der Waals surface area contributed by atoms with Gasteiger partial charge in [-0.25, -0.2) is 0 Å². The maximum atomic E-state index is 3.28. The summed E-state index contributed by atoms with van der Waals surface area (Å²) in [5, 5.41) is 0. The molecule has 1 atom stereocenters. The van der Waals surface area contributed by atoms with Gasteiger partial charge in [0.05, 0.1) is 0 Å². The smallest absolute Gasteiger partial charge is 0.00912 e. The first-order valence-electron chi connectivity index (χ1n) is 7.27. The molecule has 0 aliphatic rings. The predicted molar refractivity (Wildman–Crippen MR) is 74.5 cm³/mol. The summed E-state index contributed by atoms with van der Waals surface area (Å²) in [5.41, 5.74) is 0. The molecule has 0 N–H and O–H groups in total. The van der Waals surface area contributed by atoms with Crippen LogP contribution in [0.2, 0.25) is 0 Å². The van der Waals surface area contributed by atoms with Gasteiger partial charge in [-0.1, -0.05) is 59.3 Å². The van der Waals surface area contributed by atoms with Crippen LogP contribution in [0.4, 0.5) is 0 Å². The van der Waals surface area contributed by atoms with Crippen LogP contribution in [0, 0.1) is 17.8 Å². The minimum absolute atomic E-state index is 0.873. The van der Waals surface area contributed by atoms with Gasteiger partial charge in [0.15, 0.2) is 0 Å². The second-order valence-corrected chi connectivity index (χ2v) is 4.95. The molecule has 0 heteroatoms. The molecular formula is C16H30. The quantitative estimate of drug-likeness (QED) is 0.353. The molecule has 0 aliphatic carbocycles. The van der Waals surface area contributed by atoms with Crippen molar-refractivity contribution in [2.45, 2.75) is 85.0 Å². The molecule has 0 heterocycles. The second kappa shape index (κ2) is 12.6. The molecule has 0 aromatic rings. The lowest BCUT2D eigenvalue weighted by Crippen LogP contribution is -1.94. The lowest BCUT2D eigenvalue weighted by Gasteiger charge is -2.08. The first-order chi connectivity index (χ1) is 7.81. The predicted octanol–water partition coefficient (Wildman–Crippen LogP) is 5.57. The Balaban J connectivity index is 3.25. The lowest BCUT2D eigenvalue weighted by atomic mass is 9.98. The Morgan fingerprint density at radius 1 is 0.750 bits per heavy atom. The fourth-order valence-corrected chi connectivity index (χ4v) is 1.86. The number of rotatable bonds is 9. The molecule has 0 spiro atoms. The van der Waals surface area contributed by atoms with Gasteiger partial charge in [-0.05, 0) is 18.8 Å². The van der Waals surface area contributed by atoms with Gasteiger partial charge in [0.2, 0.25) is 0 Å². The van der Waals surface area contributed by atoms with Gasteiger partial charge in [0.25, 0.3) is 0 Å². The van der Waals surface area contributed by atoms with Crippen molar-refractivity contribution in [2.75, 3.05) is 0 Å². The SMILES string of the molecule is CCCC#CCCC(C)CCCCCCC. The topological polar surface area (TPSA) is 0 Å². The molecule has 0 fully saturated rings. The van der Waals surface area contributed by atoms with Gasteiger partial charge < -0.3 is 0 Å². The number of hydrogen-bond acceptors (Lipinski definition) is 0. The number of hydrogen-bond donors (Lipinski definition) is 0. The van der Waals surface area contributed by atoms with E-state index in [9.17, 15) is 0 Å². The zero-order valence-corrected chi connectivity index (χ0v) is 11.6. The van der Waals surface area contributed by atoms with Gasteiger partial charge in [0, 0.05) is 12.8 Å². The van der Waals surface area contributed by atoms with Gasteiger partial charge in [-0.15, -0.1) is 11.8 Å².